The van der Waals surface area contributed by atoms with Gasteiger partial charge in [0.15, 0.2) is 0 Å². The summed E-state index contributed by atoms with van der Waals surface area (Å²) in [5, 5.41) is 13.1. The van der Waals surface area contributed by atoms with Crippen LogP contribution in [-0.4, -0.2) is 46.6 Å². The first-order chi connectivity index (χ1) is 13.1. The van der Waals surface area contributed by atoms with E-state index in [0.29, 0.717) is 23.7 Å². The van der Waals surface area contributed by atoms with Gasteiger partial charge in [0.2, 0.25) is 11.8 Å². The maximum atomic E-state index is 12.5. The molecule has 1 aromatic rings. The number of nitrogens with zero attached hydrogens (tertiary/aromatic N) is 3. The van der Waals surface area contributed by atoms with Crippen LogP contribution in [0.3, 0.4) is 0 Å². The van der Waals surface area contributed by atoms with Gasteiger partial charge in [-0.3, -0.25) is 4.79 Å². The number of halogens is 1. The Morgan fingerprint density at radius 3 is 2.67 bits per heavy atom. The third-order valence-corrected chi connectivity index (χ3v) is 5.44. The molecular formula is C20H23ClN4O2. The van der Waals surface area contributed by atoms with Crippen molar-refractivity contribution in [3.05, 3.63) is 23.4 Å². The number of nitrogens with one attached hydrogen (secondary N) is 1. The van der Waals surface area contributed by atoms with Crippen LogP contribution in [-0.2, 0) is 4.79 Å². The second kappa shape index (κ2) is 9.08. The van der Waals surface area contributed by atoms with E-state index in [1.807, 2.05) is 0 Å². The molecule has 1 saturated heterocycles. The average molecular weight is 387 g/mol. The van der Waals surface area contributed by atoms with Gasteiger partial charge in [-0.25, -0.2) is 4.98 Å². The number of rotatable bonds is 5. The highest BCUT2D eigenvalue weighted by Gasteiger charge is 2.36. The number of carbonyl (C=O) groups excluding carboxylic acids is 1. The number of hydrogen-bond donors (Lipinski definition) is 1. The first kappa shape index (κ1) is 19.5. The molecule has 2 unspecified atom stereocenters. The van der Waals surface area contributed by atoms with Crippen molar-refractivity contribution in [3.63, 3.8) is 0 Å². The van der Waals surface area contributed by atoms with Crippen molar-refractivity contribution in [2.75, 3.05) is 6.54 Å². The van der Waals surface area contributed by atoms with Crippen molar-refractivity contribution in [2.45, 2.75) is 62.8 Å². The Bertz CT molecular complexity index is 710. The van der Waals surface area contributed by atoms with Crippen LogP contribution >= 0.6 is 11.6 Å². The zero-order chi connectivity index (χ0) is 19.2. The molecule has 2 atom stereocenters. The number of terminal acetylenes is 1. The molecule has 0 spiro atoms. The van der Waals surface area contributed by atoms with Crippen molar-refractivity contribution in [1.29, 1.82) is 5.26 Å². The van der Waals surface area contributed by atoms with Crippen LogP contribution < -0.4 is 10.1 Å². The number of nitriles is 1. The van der Waals surface area contributed by atoms with Gasteiger partial charge in [0, 0.05) is 18.3 Å². The molecule has 1 aromatic heterocycles. The summed E-state index contributed by atoms with van der Waals surface area (Å²) >= 11 is 5.83. The lowest BCUT2D eigenvalue weighted by Gasteiger charge is -2.30. The predicted molar refractivity (Wildman–Crippen MR) is 102 cm³/mol. The van der Waals surface area contributed by atoms with Crippen LogP contribution in [0.2, 0.25) is 5.02 Å². The first-order valence-corrected chi connectivity index (χ1v) is 9.67. The fraction of sp³-hybridized carbons (Fsp3) is 0.550. The summed E-state index contributed by atoms with van der Waals surface area (Å²) in [6.07, 6.45) is 12.2. The molecular weight excluding hydrogens is 364 g/mol. The Balaban J connectivity index is 1.43. The maximum absolute atomic E-state index is 12.5. The van der Waals surface area contributed by atoms with Crippen LogP contribution in [0, 0.1) is 23.7 Å². The molecule has 1 saturated carbocycles. The van der Waals surface area contributed by atoms with Gasteiger partial charge in [0.1, 0.15) is 12.1 Å². The van der Waals surface area contributed by atoms with Gasteiger partial charge in [0.25, 0.3) is 0 Å². The van der Waals surface area contributed by atoms with E-state index in [1.54, 1.807) is 23.2 Å². The van der Waals surface area contributed by atoms with Gasteiger partial charge in [-0.1, -0.05) is 17.5 Å². The second-order valence-corrected chi connectivity index (χ2v) is 7.43. The molecule has 0 bridgehead atoms. The fourth-order valence-electron chi connectivity index (χ4n) is 3.76. The van der Waals surface area contributed by atoms with Crippen LogP contribution in [0.5, 0.6) is 5.88 Å². The SMILES string of the molecule is C#CC1CCC(C#N)N1C(=O)CNC1CCC(Oc2ccc(Cl)cn2)CC1. The quantitative estimate of drug-likeness (QED) is 0.787. The van der Waals surface area contributed by atoms with E-state index in [1.165, 1.54) is 0 Å². The Morgan fingerprint density at radius 1 is 1.30 bits per heavy atom. The Kier molecular flexibility index (Phi) is 6.55. The molecule has 1 N–H and O–H groups in total. The lowest BCUT2D eigenvalue weighted by atomic mass is 9.93. The predicted octanol–water partition coefficient (Wildman–Crippen LogP) is 2.53. The topological polar surface area (TPSA) is 78.2 Å². The van der Waals surface area contributed by atoms with Gasteiger partial charge in [0.05, 0.1) is 23.7 Å². The van der Waals surface area contributed by atoms with Crippen molar-refractivity contribution in [1.82, 2.24) is 15.2 Å². The highest BCUT2D eigenvalue weighted by molar-refractivity contribution is 6.30. The van der Waals surface area contributed by atoms with E-state index < -0.39 is 6.04 Å². The molecule has 27 heavy (non-hydrogen) atoms. The van der Waals surface area contributed by atoms with E-state index in [9.17, 15) is 10.1 Å². The molecule has 1 aliphatic heterocycles. The minimum Gasteiger partial charge on any atom is -0.474 e. The normalized spacial score (nSPS) is 27.6. The van der Waals surface area contributed by atoms with Gasteiger partial charge in [-0.15, -0.1) is 6.42 Å². The maximum Gasteiger partial charge on any atom is 0.238 e. The van der Waals surface area contributed by atoms with Crippen molar-refractivity contribution >= 4 is 17.5 Å². The monoisotopic (exact) mass is 386 g/mol. The Morgan fingerprint density at radius 2 is 2.04 bits per heavy atom. The smallest absolute Gasteiger partial charge is 0.238 e. The first-order valence-electron chi connectivity index (χ1n) is 9.29. The molecule has 2 heterocycles. The molecule has 2 fully saturated rings. The van der Waals surface area contributed by atoms with Crippen LogP contribution in [0.25, 0.3) is 0 Å². The molecule has 6 nitrogen and oxygen atoms in total. The molecule has 0 radical (unpaired) electrons. The number of hydrogen-bond acceptors (Lipinski definition) is 5. The summed E-state index contributed by atoms with van der Waals surface area (Å²) in [5.41, 5.74) is 0. The number of amides is 1. The zero-order valence-corrected chi connectivity index (χ0v) is 15.9. The van der Waals surface area contributed by atoms with Crippen molar-refractivity contribution < 1.29 is 9.53 Å². The van der Waals surface area contributed by atoms with Crippen LogP contribution in [0.15, 0.2) is 18.3 Å². The lowest BCUT2D eigenvalue weighted by Crippen LogP contribution is -2.47. The van der Waals surface area contributed by atoms with E-state index in [0.717, 1.165) is 25.7 Å². The van der Waals surface area contributed by atoms with Gasteiger partial charge < -0.3 is 15.0 Å². The Hall–Kier alpha value is -2.28. The summed E-state index contributed by atoms with van der Waals surface area (Å²) in [6, 6.07) is 5.31. The lowest BCUT2D eigenvalue weighted by molar-refractivity contribution is -0.131. The third kappa shape index (κ3) is 4.91. The number of ether oxygens (including phenoxy) is 1. The molecule has 3 rings (SSSR count). The van der Waals surface area contributed by atoms with Crippen LogP contribution in [0.1, 0.15) is 38.5 Å². The molecule has 7 heteroatoms. The van der Waals surface area contributed by atoms with Gasteiger partial charge in [-0.05, 0) is 44.6 Å². The summed E-state index contributed by atoms with van der Waals surface area (Å²) in [5.74, 6) is 3.12. The highest BCUT2D eigenvalue weighted by Crippen LogP contribution is 2.25. The van der Waals surface area contributed by atoms with Gasteiger partial charge >= 0.3 is 0 Å². The number of aromatic nitrogens is 1. The minimum atomic E-state index is -0.406. The minimum absolute atomic E-state index is 0.0919. The molecule has 1 amide bonds. The fourth-order valence-corrected chi connectivity index (χ4v) is 3.87. The highest BCUT2D eigenvalue weighted by atomic mass is 35.5. The number of likely N-dealkylation sites (tertiary alicyclic amines) is 1. The van der Waals surface area contributed by atoms with E-state index in [2.05, 4.69) is 22.3 Å². The Labute approximate surface area is 164 Å². The summed E-state index contributed by atoms with van der Waals surface area (Å²) < 4.78 is 5.89. The second-order valence-electron chi connectivity index (χ2n) is 6.99. The standard InChI is InChI=1S/C20H23ClN4O2/c1-2-16-6-7-17(11-22)25(16)20(26)13-23-15-4-8-18(9-5-15)27-19-10-3-14(21)12-24-19/h1,3,10,12,15-18,23H,4-9,13H2. The summed E-state index contributed by atoms with van der Waals surface area (Å²) in [7, 11) is 0. The summed E-state index contributed by atoms with van der Waals surface area (Å²) in [4.78, 5) is 18.3. The van der Waals surface area contributed by atoms with Crippen molar-refractivity contribution in [3.8, 4) is 24.3 Å². The van der Waals surface area contributed by atoms with Gasteiger partial charge in [-0.2, -0.15) is 5.26 Å². The van der Waals surface area contributed by atoms with E-state index >= 15 is 0 Å². The number of carbonyl (C=O) groups is 1. The number of pyridine rings is 1. The zero-order valence-electron chi connectivity index (χ0n) is 15.1. The summed E-state index contributed by atoms with van der Waals surface area (Å²) in [6.45, 7) is 0.214. The van der Waals surface area contributed by atoms with Crippen LogP contribution in [0.4, 0.5) is 0 Å². The largest absolute Gasteiger partial charge is 0.474 e. The average Bonchev–Trinajstić information content (AvgIpc) is 3.12. The molecule has 2 aliphatic rings. The molecule has 0 aromatic carbocycles. The molecule has 1 aliphatic carbocycles. The molecule has 142 valence electrons. The van der Waals surface area contributed by atoms with E-state index in [-0.39, 0.29) is 30.6 Å². The third-order valence-electron chi connectivity index (χ3n) is 5.22. The van der Waals surface area contributed by atoms with Crippen molar-refractivity contribution in [2.24, 2.45) is 0 Å². The van der Waals surface area contributed by atoms with E-state index in [4.69, 9.17) is 22.8 Å².